The highest BCUT2D eigenvalue weighted by Gasteiger charge is 2.48. The molecule has 0 saturated carbocycles. The summed E-state index contributed by atoms with van der Waals surface area (Å²) >= 11 is 0. The average Bonchev–Trinajstić information content (AvgIpc) is 3.07. The molecule has 12 nitrogen and oxygen atoms in total. The minimum Gasteiger partial charge on any atom is -0.507 e. The van der Waals surface area contributed by atoms with Crippen LogP contribution in [0, 0.1) is 69.2 Å². The predicted octanol–water partition coefficient (Wildman–Crippen LogP) is 6.31. The van der Waals surface area contributed by atoms with Gasteiger partial charge in [0.05, 0.1) is 18.2 Å². The van der Waals surface area contributed by atoms with Crippen LogP contribution in [0.5, 0.6) is 23.0 Å². The van der Waals surface area contributed by atoms with E-state index in [1.54, 1.807) is 55.4 Å². The zero-order valence-corrected chi connectivity index (χ0v) is 31.2. The SMILES string of the molecule is COC1=CC(=O)C=C(C)[C@]1(O)C(=O)Oc1c(C)c(C)c(C(=O)Oc2cc(C)c(C(=O)Oc3c(C)c(C)c(C(=O)O)c(C)c3C)c(C)c2C)c(O)c1C. The highest BCUT2D eigenvalue weighted by Crippen LogP contribution is 2.41. The largest absolute Gasteiger partial charge is 0.507 e. The van der Waals surface area contributed by atoms with Crippen molar-refractivity contribution in [1.82, 2.24) is 0 Å². The Morgan fingerprint density at radius 1 is 0.615 bits per heavy atom. The second kappa shape index (κ2) is 14.1. The number of carbonyl (C=O) groups is 5. The van der Waals surface area contributed by atoms with Crippen molar-refractivity contribution in [2.24, 2.45) is 0 Å². The zero-order valence-electron chi connectivity index (χ0n) is 31.2. The predicted molar refractivity (Wildman–Crippen MR) is 190 cm³/mol. The summed E-state index contributed by atoms with van der Waals surface area (Å²) in [5.41, 5.74) is 1.72. The molecule has 0 aromatic heterocycles. The van der Waals surface area contributed by atoms with Gasteiger partial charge in [0, 0.05) is 11.6 Å². The van der Waals surface area contributed by atoms with E-state index in [-0.39, 0.29) is 56.4 Å². The van der Waals surface area contributed by atoms with Gasteiger partial charge in [-0.15, -0.1) is 0 Å². The third-order valence-electron chi connectivity index (χ3n) is 10.1. The van der Waals surface area contributed by atoms with Crippen LogP contribution in [0.15, 0.2) is 29.6 Å². The molecule has 0 aliphatic heterocycles. The van der Waals surface area contributed by atoms with Gasteiger partial charge in [0.1, 0.15) is 34.3 Å². The molecule has 0 spiro atoms. The number of rotatable bonds is 8. The minimum atomic E-state index is -2.41. The van der Waals surface area contributed by atoms with Crippen molar-refractivity contribution in [1.29, 1.82) is 0 Å². The van der Waals surface area contributed by atoms with Crippen molar-refractivity contribution in [2.75, 3.05) is 7.11 Å². The number of esters is 3. The van der Waals surface area contributed by atoms with Gasteiger partial charge in [-0.05, 0) is 144 Å². The Morgan fingerprint density at radius 3 is 1.62 bits per heavy atom. The minimum absolute atomic E-state index is 0.0121. The number of aromatic hydroxyl groups is 1. The fraction of sp³-hybridized carbons (Fsp3) is 0.325. The Bertz CT molecular complexity index is 2120. The molecule has 4 rings (SSSR count). The summed E-state index contributed by atoms with van der Waals surface area (Å²) in [6.07, 6.45) is 2.05. The van der Waals surface area contributed by atoms with Crippen molar-refractivity contribution in [2.45, 2.75) is 81.8 Å². The summed E-state index contributed by atoms with van der Waals surface area (Å²) in [7, 11) is 1.19. The number of phenols is 1. The Balaban J connectivity index is 1.66. The molecule has 3 N–H and O–H groups in total. The number of aromatic carboxylic acids is 1. The summed E-state index contributed by atoms with van der Waals surface area (Å²) in [5, 5.41) is 32.2. The fourth-order valence-corrected chi connectivity index (χ4v) is 6.45. The maximum Gasteiger partial charge on any atom is 0.356 e. The maximum atomic E-state index is 13.7. The molecule has 0 fully saturated rings. The van der Waals surface area contributed by atoms with E-state index < -0.39 is 41.0 Å². The molecular weight excluding hydrogens is 672 g/mol. The molecule has 1 atom stereocenters. The second-order valence-corrected chi connectivity index (χ2v) is 13.1. The lowest BCUT2D eigenvalue weighted by atomic mass is 9.87. The third kappa shape index (κ3) is 6.34. The number of carbonyl (C=O) groups excluding carboxylic acids is 4. The molecule has 52 heavy (non-hydrogen) atoms. The Hall–Kier alpha value is -5.75. The topological polar surface area (TPSA) is 183 Å². The Kier molecular flexibility index (Phi) is 10.6. The number of phenolic OH excluding ortho intramolecular Hbond substituents is 1. The number of aliphatic hydroxyl groups is 1. The molecule has 1 aliphatic carbocycles. The number of aryl methyl sites for hydroxylation is 1. The van der Waals surface area contributed by atoms with E-state index in [1.165, 1.54) is 33.9 Å². The molecule has 0 unspecified atom stereocenters. The van der Waals surface area contributed by atoms with Gasteiger partial charge < -0.3 is 34.3 Å². The Labute approximate surface area is 301 Å². The van der Waals surface area contributed by atoms with Gasteiger partial charge in [0.15, 0.2) is 5.78 Å². The van der Waals surface area contributed by atoms with Gasteiger partial charge in [-0.3, -0.25) is 4.79 Å². The molecule has 274 valence electrons. The van der Waals surface area contributed by atoms with Crippen LogP contribution in [0.1, 0.15) is 93.6 Å². The number of carboxylic acids is 1. The number of carboxylic acid groups (broad SMARTS) is 1. The van der Waals surface area contributed by atoms with Crippen LogP contribution in [-0.4, -0.2) is 57.7 Å². The second-order valence-electron chi connectivity index (χ2n) is 13.1. The first-order valence-corrected chi connectivity index (χ1v) is 16.3. The quantitative estimate of drug-likeness (QED) is 0.175. The van der Waals surface area contributed by atoms with Crippen molar-refractivity contribution in [3.8, 4) is 23.0 Å². The lowest BCUT2D eigenvalue weighted by Gasteiger charge is -2.30. The molecule has 0 saturated heterocycles. The number of allylic oxidation sites excluding steroid dienone is 2. The van der Waals surface area contributed by atoms with Crippen LogP contribution in [0.25, 0.3) is 0 Å². The standard InChI is InChI=1S/C40H42O12/c1-16-13-28(18(3)19(4)30(16)37(45)51-34-23(8)20(5)31(36(43)44)21(6)24(34)9)50-38(46)32-22(7)25(10)35(26(11)33(32)42)52-39(47)40(48)17(2)14-27(41)15-29(40)49-12/h13-15,42,48H,1-12H3,(H,43,44)/t40-/m1/s1. The van der Waals surface area contributed by atoms with E-state index in [2.05, 4.69) is 0 Å². The van der Waals surface area contributed by atoms with Crippen LogP contribution in [-0.2, 0) is 14.3 Å². The first-order chi connectivity index (χ1) is 24.1. The summed E-state index contributed by atoms with van der Waals surface area (Å²) in [6.45, 7) is 17.6. The van der Waals surface area contributed by atoms with E-state index in [0.29, 0.717) is 44.5 Å². The van der Waals surface area contributed by atoms with Crippen molar-refractivity contribution in [3.63, 3.8) is 0 Å². The van der Waals surface area contributed by atoms with Crippen LogP contribution < -0.4 is 14.2 Å². The molecule has 0 bridgehead atoms. The lowest BCUT2D eigenvalue weighted by Crippen LogP contribution is -2.47. The van der Waals surface area contributed by atoms with Gasteiger partial charge in [0.25, 0.3) is 0 Å². The normalized spacial score (nSPS) is 15.4. The molecule has 3 aromatic carbocycles. The molecule has 0 heterocycles. The van der Waals surface area contributed by atoms with Crippen LogP contribution in [0.2, 0.25) is 0 Å². The maximum absolute atomic E-state index is 13.7. The van der Waals surface area contributed by atoms with Gasteiger partial charge in [-0.1, -0.05) is 0 Å². The van der Waals surface area contributed by atoms with Crippen molar-refractivity contribution >= 4 is 29.7 Å². The molecule has 12 heteroatoms. The molecule has 0 radical (unpaired) electrons. The Morgan fingerprint density at radius 2 is 1.10 bits per heavy atom. The van der Waals surface area contributed by atoms with Gasteiger partial charge in [-0.25, -0.2) is 19.2 Å². The highest BCUT2D eigenvalue weighted by atomic mass is 16.6. The summed E-state index contributed by atoms with van der Waals surface area (Å²) in [5.74, 6) is -4.88. The first kappa shape index (κ1) is 39.0. The van der Waals surface area contributed by atoms with E-state index in [1.807, 2.05) is 0 Å². The highest BCUT2D eigenvalue weighted by molar-refractivity contribution is 6.06. The van der Waals surface area contributed by atoms with Crippen molar-refractivity contribution < 1.29 is 58.2 Å². The monoisotopic (exact) mass is 714 g/mol. The third-order valence-corrected chi connectivity index (χ3v) is 10.1. The van der Waals surface area contributed by atoms with Crippen LogP contribution in [0.4, 0.5) is 0 Å². The van der Waals surface area contributed by atoms with Gasteiger partial charge in [0.2, 0.25) is 5.60 Å². The number of ether oxygens (including phenoxy) is 4. The van der Waals surface area contributed by atoms with Gasteiger partial charge in [-0.2, -0.15) is 0 Å². The molecule has 1 aliphatic rings. The molecular formula is C40H42O12. The first-order valence-electron chi connectivity index (χ1n) is 16.3. The molecule has 0 amide bonds. The zero-order chi connectivity index (χ0) is 39.3. The average molecular weight is 715 g/mol. The fourth-order valence-electron chi connectivity index (χ4n) is 6.45. The number of ketones is 1. The number of hydrogen-bond acceptors (Lipinski definition) is 11. The van der Waals surface area contributed by atoms with E-state index in [4.69, 9.17) is 18.9 Å². The van der Waals surface area contributed by atoms with Crippen LogP contribution >= 0.6 is 0 Å². The number of benzene rings is 3. The van der Waals surface area contributed by atoms with Gasteiger partial charge >= 0.3 is 23.9 Å². The van der Waals surface area contributed by atoms with Crippen LogP contribution in [0.3, 0.4) is 0 Å². The molecule has 3 aromatic rings. The van der Waals surface area contributed by atoms with E-state index in [9.17, 15) is 39.3 Å². The van der Waals surface area contributed by atoms with Crippen molar-refractivity contribution in [3.05, 3.63) is 102 Å². The van der Waals surface area contributed by atoms with E-state index in [0.717, 1.165) is 12.2 Å². The lowest BCUT2D eigenvalue weighted by molar-refractivity contribution is -0.151. The smallest absolute Gasteiger partial charge is 0.356 e. The summed E-state index contributed by atoms with van der Waals surface area (Å²) < 4.78 is 22.4. The number of methoxy groups -OCH3 is 1. The summed E-state index contributed by atoms with van der Waals surface area (Å²) in [4.78, 5) is 64.5. The number of hydrogen-bond donors (Lipinski definition) is 3. The summed E-state index contributed by atoms with van der Waals surface area (Å²) in [6, 6.07) is 1.51. The van der Waals surface area contributed by atoms with E-state index >= 15 is 0 Å².